The summed E-state index contributed by atoms with van der Waals surface area (Å²) >= 11 is 0. The second-order valence-electron chi connectivity index (χ2n) is 8.21. The summed E-state index contributed by atoms with van der Waals surface area (Å²) in [5, 5.41) is 37.4. The number of fused-ring (bicyclic) bond motifs is 1. The van der Waals surface area contributed by atoms with E-state index in [1.807, 2.05) is 0 Å². The van der Waals surface area contributed by atoms with Crippen LogP contribution < -0.4 is 10.5 Å². The molecule has 5 N–H and O–H groups in total. The van der Waals surface area contributed by atoms with Gasteiger partial charge in [-0.2, -0.15) is 18.6 Å². The van der Waals surface area contributed by atoms with Crippen LogP contribution in [0.4, 0.5) is 28.4 Å². The molecule has 0 aliphatic carbocycles. The molecule has 0 atom stereocenters. The highest BCUT2D eigenvalue weighted by atomic mass is 32.2. The number of nitrogens with two attached hydrogens (primary N) is 1. The van der Waals surface area contributed by atoms with Crippen LogP contribution in [-0.4, -0.2) is 30.3 Å². The lowest BCUT2D eigenvalue weighted by atomic mass is 10.1. The smallest absolute Gasteiger partial charge is 0.296 e. The Morgan fingerprint density at radius 2 is 1.49 bits per heavy atom. The maximum absolute atomic E-state index is 12.0. The predicted molar refractivity (Wildman–Crippen MR) is 139 cm³/mol. The van der Waals surface area contributed by atoms with E-state index in [0.29, 0.717) is 28.0 Å². The normalized spacial score (nSPS) is 12.1. The minimum absolute atomic E-state index is 0.128. The Balaban J connectivity index is 1.77. The Morgan fingerprint density at radius 1 is 0.811 bits per heavy atom. The molecule has 0 radical (unpaired) electrons. The first-order valence-corrected chi connectivity index (χ1v) is 12.3. The van der Waals surface area contributed by atoms with Gasteiger partial charge in [0, 0.05) is 17.1 Å². The summed E-state index contributed by atoms with van der Waals surface area (Å²) in [6.07, 6.45) is 0. The van der Waals surface area contributed by atoms with Crippen LogP contribution in [0.25, 0.3) is 10.8 Å². The number of aromatic hydroxyl groups is 2. The molecule has 4 rings (SSSR count). The molecule has 37 heavy (non-hydrogen) atoms. The Morgan fingerprint density at radius 3 is 2.16 bits per heavy atom. The van der Waals surface area contributed by atoms with Gasteiger partial charge in [-0.1, -0.05) is 0 Å². The molecule has 4 aromatic carbocycles. The van der Waals surface area contributed by atoms with E-state index in [0.717, 1.165) is 11.6 Å². The number of hydrogen-bond acceptors (Lipinski definition) is 10. The van der Waals surface area contributed by atoms with Gasteiger partial charge in [-0.3, -0.25) is 4.55 Å². The van der Waals surface area contributed by atoms with Crippen LogP contribution in [0, 0.1) is 13.8 Å². The Kier molecular flexibility index (Phi) is 6.79. The fourth-order valence-electron chi connectivity index (χ4n) is 3.64. The number of azo groups is 2. The average Bonchev–Trinajstić information content (AvgIpc) is 2.82. The molecule has 11 nitrogen and oxygen atoms in total. The molecule has 0 heterocycles. The lowest BCUT2D eigenvalue weighted by molar-refractivity contribution is 0.416. The molecule has 0 bridgehead atoms. The maximum Gasteiger partial charge on any atom is 0.296 e. The third-order valence-corrected chi connectivity index (χ3v) is 6.42. The number of nitrogens with zero attached hydrogens (tertiary/aromatic N) is 4. The van der Waals surface area contributed by atoms with Crippen molar-refractivity contribution in [2.24, 2.45) is 20.5 Å². The molecule has 0 amide bonds. The number of methoxy groups -OCH3 is 1. The number of anilines is 1. The van der Waals surface area contributed by atoms with Crippen molar-refractivity contribution in [3.63, 3.8) is 0 Å². The van der Waals surface area contributed by atoms with Crippen molar-refractivity contribution in [3.8, 4) is 17.2 Å². The zero-order chi connectivity index (χ0) is 26.9. The molecule has 0 fully saturated rings. The summed E-state index contributed by atoms with van der Waals surface area (Å²) in [6.45, 7) is 3.56. The molecule has 4 aromatic rings. The van der Waals surface area contributed by atoms with Crippen LogP contribution in [0.1, 0.15) is 11.1 Å². The molecule has 0 aliphatic rings. The molecule has 0 unspecified atom stereocenters. The largest absolute Gasteiger partial charge is 0.508 e. The number of benzene rings is 4. The van der Waals surface area contributed by atoms with Gasteiger partial charge in [-0.15, -0.1) is 10.2 Å². The molecular weight excluding hydrogens is 498 g/mol. The highest BCUT2D eigenvalue weighted by Crippen LogP contribution is 2.43. The average molecular weight is 522 g/mol. The highest BCUT2D eigenvalue weighted by Gasteiger charge is 2.22. The van der Waals surface area contributed by atoms with Gasteiger partial charge in [0.2, 0.25) is 0 Å². The summed E-state index contributed by atoms with van der Waals surface area (Å²) in [5.74, 6) is -0.103. The topological polar surface area (TPSA) is 180 Å². The van der Waals surface area contributed by atoms with Crippen LogP contribution >= 0.6 is 0 Å². The van der Waals surface area contributed by atoms with Crippen LogP contribution in [0.5, 0.6) is 17.2 Å². The first-order valence-electron chi connectivity index (χ1n) is 10.8. The van der Waals surface area contributed by atoms with Gasteiger partial charge in [0.05, 0.1) is 18.5 Å². The fraction of sp³-hybridized carbons (Fsp3) is 0.120. The van der Waals surface area contributed by atoms with E-state index >= 15 is 0 Å². The predicted octanol–water partition coefficient (Wildman–Crippen LogP) is 6.54. The molecule has 0 saturated heterocycles. The molecule has 0 aromatic heterocycles. The zero-order valence-corrected chi connectivity index (χ0v) is 20.9. The highest BCUT2D eigenvalue weighted by molar-refractivity contribution is 7.86. The van der Waals surface area contributed by atoms with Gasteiger partial charge in [0.1, 0.15) is 27.8 Å². The fourth-order valence-corrected chi connectivity index (χ4v) is 4.30. The minimum Gasteiger partial charge on any atom is -0.508 e. The van der Waals surface area contributed by atoms with Crippen molar-refractivity contribution in [1.82, 2.24) is 0 Å². The standard InChI is InChI=1S/C25H23N5O6S/c1-13-8-17(31)5-7-19(13)27-28-20-12-22(36-3)21(9-14(20)2)29-30-24-23(37(33,34)35)11-15-10-16(26)4-6-18(15)25(24)32/h4-12,31-32H,26H2,1-3H3,(H,33,34,35). The van der Waals surface area contributed by atoms with Gasteiger partial charge in [0.15, 0.2) is 5.75 Å². The Bertz CT molecular complexity index is 1700. The number of ether oxygens (including phenoxy) is 1. The summed E-state index contributed by atoms with van der Waals surface area (Å²) in [4.78, 5) is -0.628. The number of aryl methyl sites for hydroxylation is 2. The van der Waals surface area contributed by atoms with Gasteiger partial charge >= 0.3 is 0 Å². The molecule has 0 spiro atoms. The number of phenolic OH excluding ortho intramolecular Hbond substituents is 2. The zero-order valence-electron chi connectivity index (χ0n) is 20.0. The first-order chi connectivity index (χ1) is 17.5. The van der Waals surface area contributed by atoms with E-state index in [1.165, 1.54) is 31.4 Å². The molecule has 12 heteroatoms. The maximum atomic E-state index is 12.0. The number of rotatable bonds is 6. The van der Waals surface area contributed by atoms with Crippen molar-refractivity contribution in [3.05, 3.63) is 65.7 Å². The minimum atomic E-state index is -4.76. The molecule has 190 valence electrons. The molecule has 0 saturated carbocycles. The third-order valence-electron chi connectivity index (χ3n) is 5.55. The van der Waals surface area contributed by atoms with Crippen molar-refractivity contribution < 1.29 is 27.9 Å². The first kappa shape index (κ1) is 25.5. The van der Waals surface area contributed by atoms with Crippen molar-refractivity contribution in [2.45, 2.75) is 18.7 Å². The van der Waals surface area contributed by atoms with Crippen LogP contribution in [0.15, 0.2) is 79.9 Å². The van der Waals surface area contributed by atoms with Crippen LogP contribution in [0.3, 0.4) is 0 Å². The van der Waals surface area contributed by atoms with E-state index in [4.69, 9.17) is 10.5 Å². The summed E-state index contributed by atoms with van der Waals surface area (Å²) < 4.78 is 39.3. The van der Waals surface area contributed by atoms with Crippen molar-refractivity contribution in [1.29, 1.82) is 0 Å². The molecular formula is C25H23N5O6S. The summed E-state index contributed by atoms with van der Waals surface area (Å²) in [6, 6.07) is 13.6. The third kappa shape index (κ3) is 5.34. The number of nitrogen functional groups attached to an aromatic ring is 1. The van der Waals surface area contributed by atoms with E-state index in [9.17, 15) is 23.2 Å². The number of hydrogen-bond donors (Lipinski definition) is 4. The Labute approximate surface area is 212 Å². The van der Waals surface area contributed by atoms with Gasteiger partial charge < -0.3 is 20.7 Å². The van der Waals surface area contributed by atoms with E-state index in [1.54, 1.807) is 38.1 Å². The Hall–Kier alpha value is -4.55. The van der Waals surface area contributed by atoms with Crippen molar-refractivity contribution >= 4 is 49.3 Å². The lowest BCUT2D eigenvalue weighted by Crippen LogP contribution is -1.99. The second kappa shape index (κ2) is 9.84. The van der Waals surface area contributed by atoms with Gasteiger partial charge in [-0.25, -0.2) is 0 Å². The van der Waals surface area contributed by atoms with Crippen LogP contribution in [0.2, 0.25) is 0 Å². The van der Waals surface area contributed by atoms with Gasteiger partial charge in [-0.05, 0) is 78.9 Å². The van der Waals surface area contributed by atoms with E-state index in [-0.39, 0.29) is 22.6 Å². The van der Waals surface area contributed by atoms with Crippen molar-refractivity contribution in [2.75, 3.05) is 12.8 Å². The monoisotopic (exact) mass is 521 g/mol. The summed E-state index contributed by atoms with van der Waals surface area (Å²) in [5.41, 5.74) is 8.34. The SMILES string of the molecule is COc1cc(N=Nc2ccc(O)cc2C)c(C)cc1N=Nc1c(S(=O)(=O)O)cc2cc(N)ccc2c1O. The second-order valence-corrected chi connectivity index (χ2v) is 9.60. The summed E-state index contributed by atoms with van der Waals surface area (Å²) in [7, 11) is -3.35. The van der Waals surface area contributed by atoms with Crippen LogP contribution in [-0.2, 0) is 10.1 Å². The quantitative estimate of drug-likeness (QED) is 0.126. The van der Waals surface area contributed by atoms with Gasteiger partial charge in [0.25, 0.3) is 10.1 Å². The lowest BCUT2D eigenvalue weighted by Gasteiger charge is -2.10. The molecule has 0 aliphatic heterocycles. The van der Waals surface area contributed by atoms with E-state index in [2.05, 4.69) is 20.5 Å². The van der Waals surface area contributed by atoms with E-state index < -0.39 is 26.5 Å². The number of phenols is 2.